The van der Waals surface area contributed by atoms with Crippen molar-refractivity contribution in [2.24, 2.45) is 0 Å². The van der Waals surface area contributed by atoms with Crippen molar-refractivity contribution in [3.05, 3.63) is 76.1 Å². The van der Waals surface area contributed by atoms with Gasteiger partial charge in [-0.3, -0.25) is 9.59 Å². The normalized spacial score (nSPS) is 10.8. The van der Waals surface area contributed by atoms with E-state index in [4.69, 9.17) is 0 Å². The quantitative estimate of drug-likeness (QED) is 0.739. The first-order chi connectivity index (χ1) is 12.6. The minimum absolute atomic E-state index is 0.0346. The van der Waals surface area contributed by atoms with Crippen LogP contribution in [0.5, 0.6) is 0 Å². The predicted molar refractivity (Wildman–Crippen MR) is 97.9 cm³/mol. The average molecular weight is 353 g/mol. The molecule has 0 unspecified atom stereocenters. The summed E-state index contributed by atoms with van der Waals surface area (Å²) in [5.74, 6) is 0.0774. The maximum absolute atomic E-state index is 13.1. The summed E-state index contributed by atoms with van der Waals surface area (Å²) in [6.07, 6.45) is 1.12. The third-order valence-corrected chi connectivity index (χ3v) is 4.11. The Morgan fingerprint density at radius 1 is 1.12 bits per heavy atom. The van der Waals surface area contributed by atoms with Crippen molar-refractivity contribution in [3.8, 4) is 0 Å². The highest BCUT2D eigenvalue weighted by atomic mass is 19.1. The lowest BCUT2D eigenvalue weighted by Gasteiger charge is -2.22. The maximum Gasteiger partial charge on any atom is 0.258 e. The number of rotatable bonds is 6. The zero-order valence-corrected chi connectivity index (χ0v) is 14.5. The fraction of sp³-hybridized carbons (Fsp3) is 0.250. The third kappa shape index (κ3) is 4.14. The largest absolute Gasteiger partial charge is 0.331 e. The lowest BCUT2D eigenvalue weighted by atomic mass is 10.2. The Labute approximate surface area is 150 Å². The zero-order chi connectivity index (χ0) is 18.5. The van der Waals surface area contributed by atoms with E-state index >= 15 is 0 Å². The van der Waals surface area contributed by atoms with Gasteiger partial charge in [0.15, 0.2) is 0 Å². The van der Waals surface area contributed by atoms with E-state index in [0.717, 1.165) is 12.0 Å². The van der Waals surface area contributed by atoms with Gasteiger partial charge in [0.1, 0.15) is 11.6 Å². The Hall–Kier alpha value is -3.02. The van der Waals surface area contributed by atoms with Crippen LogP contribution in [-0.4, -0.2) is 20.8 Å². The van der Waals surface area contributed by atoms with Crippen molar-refractivity contribution in [2.45, 2.75) is 32.9 Å². The fourth-order valence-corrected chi connectivity index (χ4v) is 2.80. The molecule has 0 aliphatic heterocycles. The molecule has 3 rings (SSSR count). The van der Waals surface area contributed by atoms with E-state index in [-0.39, 0.29) is 23.8 Å². The first-order valence-electron chi connectivity index (χ1n) is 8.57. The molecule has 1 amide bonds. The van der Waals surface area contributed by atoms with E-state index < -0.39 is 0 Å². The molecular formula is C20H20FN3O2. The van der Waals surface area contributed by atoms with Gasteiger partial charge in [-0.15, -0.1) is 0 Å². The highest BCUT2D eigenvalue weighted by molar-refractivity contribution is 5.78. The molecule has 2 aromatic carbocycles. The third-order valence-electron chi connectivity index (χ3n) is 4.11. The van der Waals surface area contributed by atoms with Crippen molar-refractivity contribution >= 4 is 16.8 Å². The number of para-hydroxylation sites is 1. The number of hydrogen-bond acceptors (Lipinski definition) is 3. The number of nitrogens with one attached hydrogen (secondary N) is 1. The van der Waals surface area contributed by atoms with Gasteiger partial charge in [0.05, 0.1) is 17.4 Å². The fourth-order valence-electron chi connectivity index (χ4n) is 2.80. The zero-order valence-electron chi connectivity index (χ0n) is 14.5. The molecular weight excluding hydrogens is 333 g/mol. The summed E-state index contributed by atoms with van der Waals surface area (Å²) in [5.41, 5.74) is 1.19. The van der Waals surface area contributed by atoms with E-state index in [0.29, 0.717) is 29.7 Å². The van der Waals surface area contributed by atoms with Crippen LogP contribution in [-0.2, 0) is 17.9 Å². The van der Waals surface area contributed by atoms with Gasteiger partial charge in [-0.25, -0.2) is 9.37 Å². The number of H-pyrrole nitrogens is 1. The molecule has 0 aliphatic rings. The van der Waals surface area contributed by atoms with E-state index in [1.165, 1.54) is 12.1 Å². The molecule has 26 heavy (non-hydrogen) atoms. The van der Waals surface area contributed by atoms with Crippen LogP contribution in [0.15, 0.2) is 53.3 Å². The van der Waals surface area contributed by atoms with Gasteiger partial charge in [0, 0.05) is 13.0 Å². The van der Waals surface area contributed by atoms with Gasteiger partial charge in [0.25, 0.3) is 5.56 Å². The molecule has 3 aromatic rings. The summed E-state index contributed by atoms with van der Waals surface area (Å²) >= 11 is 0. The number of amides is 1. The molecule has 1 heterocycles. The summed E-state index contributed by atoms with van der Waals surface area (Å²) < 4.78 is 13.1. The number of benzene rings is 2. The monoisotopic (exact) mass is 353 g/mol. The predicted octanol–water partition coefficient (Wildman–Crippen LogP) is 3.39. The highest BCUT2D eigenvalue weighted by Crippen LogP contribution is 2.12. The molecule has 0 fully saturated rings. The van der Waals surface area contributed by atoms with Crippen molar-refractivity contribution in [2.75, 3.05) is 0 Å². The molecule has 0 radical (unpaired) electrons. The number of aromatic nitrogens is 2. The van der Waals surface area contributed by atoms with Crippen LogP contribution in [0.3, 0.4) is 0 Å². The van der Waals surface area contributed by atoms with Gasteiger partial charge in [0.2, 0.25) is 5.91 Å². The van der Waals surface area contributed by atoms with Crippen LogP contribution in [0.1, 0.15) is 31.2 Å². The molecule has 0 aliphatic carbocycles. The minimum atomic E-state index is -0.319. The molecule has 1 aromatic heterocycles. The average Bonchev–Trinajstić information content (AvgIpc) is 2.63. The molecule has 0 saturated heterocycles. The van der Waals surface area contributed by atoms with Crippen LogP contribution in [0.4, 0.5) is 4.39 Å². The van der Waals surface area contributed by atoms with Gasteiger partial charge in [-0.2, -0.15) is 0 Å². The number of nitrogens with zero attached hydrogens (tertiary/aromatic N) is 2. The summed E-state index contributed by atoms with van der Waals surface area (Å²) in [6, 6.07) is 13.1. The summed E-state index contributed by atoms with van der Waals surface area (Å²) in [4.78, 5) is 33.6. The molecule has 0 spiro atoms. The smallest absolute Gasteiger partial charge is 0.258 e. The van der Waals surface area contributed by atoms with Gasteiger partial charge >= 0.3 is 0 Å². The number of aromatic amines is 1. The summed E-state index contributed by atoms with van der Waals surface area (Å²) in [6.45, 7) is 2.45. The molecule has 6 heteroatoms. The van der Waals surface area contributed by atoms with E-state index in [1.54, 1.807) is 35.2 Å². The molecule has 0 atom stereocenters. The number of halogens is 1. The van der Waals surface area contributed by atoms with E-state index in [2.05, 4.69) is 9.97 Å². The molecule has 5 nitrogen and oxygen atoms in total. The number of hydrogen-bond donors (Lipinski definition) is 1. The SMILES string of the molecule is CCCC(=O)N(Cc1ccc(F)cc1)Cc1nc2ccccc2c(=O)[nH]1. The van der Waals surface area contributed by atoms with Gasteiger partial charge < -0.3 is 9.88 Å². The molecule has 1 N–H and O–H groups in total. The first-order valence-corrected chi connectivity index (χ1v) is 8.57. The van der Waals surface area contributed by atoms with Crippen LogP contribution in [0, 0.1) is 5.82 Å². The minimum Gasteiger partial charge on any atom is -0.331 e. The van der Waals surface area contributed by atoms with E-state index in [9.17, 15) is 14.0 Å². The topological polar surface area (TPSA) is 66.1 Å². The van der Waals surface area contributed by atoms with Gasteiger partial charge in [-0.1, -0.05) is 31.2 Å². The molecule has 0 saturated carbocycles. The van der Waals surface area contributed by atoms with Crippen LogP contribution in [0.25, 0.3) is 10.9 Å². The Bertz CT molecular complexity index is 967. The highest BCUT2D eigenvalue weighted by Gasteiger charge is 2.16. The second-order valence-corrected chi connectivity index (χ2v) is 6.16. The van der Waals surface area contributed by atoms with Crippen LogP contribution >= 0.6 is 0 Å². The number of carbonyl (C=O) groups is 1. The first kappa shape index (κ1) is 17.8. The van der Waals surface area contributed by atoms with Gasteiger partial charge in [-0.05, 0) is 36.2 Å². The second-order valence-electron chi connectivity index (χ2n) is 6.16. The van der Waals surface area contributed by atoms with Crippen molar-refractivity contribution in [1.29, 1.82) is 0 Å². The Morgan fingerprint density at radius 2 is 1.85 bits per heavy atom. The lowest BCUT2D eigenvalue weighted by Crippen LogP contribution is -2.31. The Kier molecular flexibility index (Phi) is 5.41. The maximum atomic E-state index is 13.1. The summed E-state index contributed by atoms with van der Waals surface area (Å²) in [5, 5.41) is 0.515. The number of carbonyl (C=O) groups excluding carboxylic acids is 1. The lowest BCUT2D eigenvalue weighted by molar-refractivity contribution is -0.132. The molecule has 0 bridgehead atoms. The number of fused-ring (bicyclic) bond motifs is 1. The van der Waals surface area contributed by atoms with Crippen molar-refractivity contribution in [1.82, 2.24) is 14.9 Å². The van der Waals surface area contributed by atoms with Crippen LogP contribution < -0.4 is 5.56 Å². The Morgan fingerprint density at radius 3 is 2.58 bits per heavy atom. The van der Waals surface area contributed by atoms with Crippen LogP contribution in [0.2, 0.25) is 0 Å². The molecule has 134 valence electrons. The summed E-state index contributed by atoms with van der Waals surface area (Å²) in [7, 11) is 0. The van der Waals surface area contributed by atoms with E-state index in [1.807, 2.05) is 13.0 Å². The van der Waals surface area contributed by atoms with Crippen molar-refractivity contribution in [3.63, 3.8) is 0 Å². The second kappa shape index (κ2) is 7.91. The Balaban J connectivity index is 1.88. The standard InChI is InChI=1S/C20H20FN3O2/c1-2-5-19(25)24(12-14-8-10-15(21)11-9-14)13-18-22-17-7-4-3-6-16(17)20(26)23-18/h3-4,6-11H,2,5,12-13H2,1H3,(H,22,23,26). The van der Waals surface area contributed by atoms with Crippen molar-refractivity contribution < 1.29 is 9.18 Å².